The summed E-state index contributed by atoms with van der Waals surface area (Å²) >= 11 is 0. The van der Waals surface area contributed by atoms with E-state index in [1.54, 1.807) is 5.19 Å². The molecule has 0 N–H and O–H groups in total. The van der Waals surface area contributed by atoms with Crippen molar-refractivity contribution in [3.63, 3.8) is 0 Å². The molecule has 0 saturated carbocycles. The summed E-state index contributed by atoms with van der Waals surface area (Å²) in [5.74, 6) is 0. The van der Waals surface area contributed by atoms with Crippen LogP contribution in [0.1, 0.15) is 5.56 Å². The number of hydrogen-bond donors (Lipinski definition) is 0. The molecule has 14 rings (SSSR count). The fraction of sp³-hybridized carbons (Fsp3) is 0.0714. The Kier molecular flexibility index (Phi) is 6.06. The van der Waals surface area contributed by atoms with Crippen LogP contribution in [0.2, 0.25) is 19.6 Å². The fourth-order valence-electron chi connectivity index (χ4n) is 12.3. The maximum atomic E-state index is 2.70. The van der Waals surface area contributed by atoms with Crippen molar-refractivity contribution in [1.29, 1.82) is 0 Å². The molecular weight excluding hydrogens is 722 g/mol. The van der Waals surface area contributed by atoms with Gasteiger partial charge in [0, 0.05) is 0 Å². The Bertz CT molecular complexity index is 3530. The third kappa shape index (κ3) is 4.02. The molecule has 10 aromatic rings. The van der Waals surface area contributed by atoms with Gasteiger partial charge in [0.25, 0.3) is 0 Å². The highest BCUT2D eigenvalue weighted by molar-refractivity contribution is 7.03. The number of aryl methyl sites for hydroxylation is 1. The van der Waals surface area contributed by atoms with Crippen LogP contribution in [0.25, 0.3) is 99.1 Å². The lowest BCUT2D eigenvalue weighted by Crippen LogP contribution is -2.53. The van der Waals surface area contributed by atoms with Gasteiger partial charge in [-0.1, -0.05) is 191 Å². The van der Waals surface area contributed by atoms with Gasteiger partial charge in [-0.25, -0.2) is 0 Å². The lowest BCUT2D eigenvalue weighted by molar-refractivity contribution is 1.54. The van der Waals surface area contributed by atoms with E-state index in [2.05, 4.69) is 184 Å². The van der Waals surface area contributed by atoms with Crippen molar-refractivity contribution in [3.8, 4) is 66.8 Å². The van der Waals surface area contributed by atoms with Crippen LogP contribution in [-0.2, 0) is 0 Å². The molecule has 0 atom stereocenters. The number of hydrogen-bond acceptors (Lipinski definition) is 0. The van der Waals surface area contributed by atoms with Gasteiger partial charge in [0.1, 0.15) is 0 Å². The molecule has 0 amide bonds. The van der Waals surface area contributed by atoms with E-state index in [1.807, 2.05) is 0 Å². The van der Waals surface area contributed by atoms with Crippen LogP contribution in [0, 0.1) is 6.92 Å². The summed E-state index contributed by atoms with van der Waals surface area (Å²) in [6.45, 7) is 10.5. The SMILES string of the molecule is Cc1cc2c3c(cc4c([Si](C)(C)C)cc5c6c(cc1c3c46)B1c3ccccc3-c3cc(-c4ccccc4)cc-5c31)B1c3ccccc3-c3cc(-c4ccccc4)cc-2c31. The molecular formula is C56H38B2Si. The zero-order valence-electron chi connectivity index (χ0n) is 33.7. The standard InChI is InChI=1S/C56H38B2Si/c1-31-23-39-43-26-34(32-15-7-5-8-16-32)24-41-36-19-12-14-22-47(36)58(55(41)43)49-29-45-50(59(2,3)4)30-40-44-27-35(33-17-9-6-10-18-33)25-42-37-20-11-13-21-46(37)57(56(42)44)48-28-38(31)53(51(39)49)54(45)52(40)48/h5-30H,1-4H3. The summed E-state index contributed by atoms with van der Waals surface area (Å²) in [7, 11) is -1.90. The average Bonchev–Trinajstić information content (AvgIpc) is 3.78. The quantitative estimate of drug-likeness (QED) is 0.124. The Labute approximate surface area is 346 Å². The summed E-state index contributed by atoms with van der Waals surface area (Å²) in [5.41, 5.74) is 26.6. The molecule has 3 heteroatoms. The maximum absolute atomic E-state index is 2.70. The minimum Gasteiger partial charge on any atom is -0.0664 e. The molecule has 0 fully saturated rings. The van der Waals surface area contributed by atoms with E-state index in [4.69, 9.17) is 0 Å². The molecule has 4 heterocycles. The van der Waals surface area contributed by atoms with Crippen molar-refractivity contribution in [1.82, 2.24) is 0 Å². The van der Waals surface area contributed by atoms with Crippen molar-refractivity contribution >= 4 is 91.8 Å². The first-order valence-electron chi connectivity index (χ1n) is 21.3. The summed E-state index contributed by atoms with van der Waals surface area (Å²) in [6, 6.07) is 61.2. The summed E-state index contributed by atoms with van der Waals surface area (Å²) < 4.78 is 0. The van der Waals surface area contributed by atoms with E-state index in [1.165, 1.54) is 137 Å². The Balaban J connectivity index is 1.18. The van der Waals surface area contributed by atoms with Gasteiger partial charge in [-0.2, -0.15) is 0 Å². The summed E-state index contributed by atoms with van der Waals surface area (Å²) in [6.07, 6.45) is 0. The third-order valence-corrected chi connectivity index (χ3v) is 16.7. The maximum Gasteiger partial charge on any atom is 0.244 e. The van der Waals surface area contributed by atoms with Crippen LogP contribution < -0.4 is 38.0 Å². The molecule has 0 spiro atoms. The van der Waals surface area contributed by atoms with E-state index in [0.29, 0.717) is 0 Å². The van der Waals surface area contributed by atoms with Crippen LogP contribution in [0.3, 0.4) is 0 Å². The third-order valence-electron chi connectivity index (χ3n) is 14.7. The Hall–Kier alpha value is -6.41. The number of fused-ring (bicyclic) bond motifs is 10. The van der Waals surface area contributed by atoms with Gasteiger partial charge in [0.2, 0.25) is 13.4 Å². The molecule has 0 nitrogen and oxygen atoms in total. The van der Waals surface area contributed by atoms with Crippen molar-refractivity contribution in [2.24, 2.45) is 0 Å². The minimum atomic E-state index is -1.90. The first-order valence-corrected chi connectivity index (χ1v) is 24.8. The van der Waals surface area contributed by atoms with Crippen molar-refractivity contribution < 1.29 is 0 Å². The lowest BCUT2D eigenvalue weighted by Gasteiger charge is -2.34. The van der Waals surface area contributed by atoms with Crippen LogP contribution in [0.15, 0.2) is 158 Å². The second kappa shape index (κ2) is 11.0. The lowest BCUT2D eigenvalue weighted by atomic mass is 9.34. The minimum absolute atomic E-state index is 0.197. The normalized spacial score (nSPS) is 13.7. The molecule has 0 saturated heterocycles. The summed E-state index contributed by atoms with van der Waals surface area (Å²) in [4.78, 5) is 0. The van der Waals surface area contributed by atoms with Crippen LogP contribution >= 0.6 is 0 Å². The Morgan fingerprint density at radius 3 is 1.27 bits per heavy atom. The molecule has 4 aliphatic heterocycles. The highest BCUT2D eigenvalue weighted by atomic mass is 28.3. The van der Waals surface area contributed by atoms with Crippen molar-refractivity contribution in [3.05, 3.63) is 163 Å². The van der Waals surface area contributed by atoms with Gasteiger partial charge >= 0.3 is 0 Å². The smallest absolute Gasteiger partial charge is 0.0664 e. The number of rotatable bonds is 3. The zero-order valence-corrected chi connectivity index (χ0v) is 34.7. The number of benzene rings is 10. The molecule has 272 valence electrons. The van der Waals surface area contributed by atoms with E-state index < -0.39 is 8.07 Å². The first kappa shape index (κ1) is 32.5. The molecule has 0 aromatic heterocycles. The molecule has 0 bridgehead atoms. The van der Waals surface area contributed by atoms with Crippen molar-refractivity contribution in [2.45, 2.75) is 26.6 Å². The predicted octanol–water partition coefficient (Wildman–Crippen LogP) is 9.73. The molecule has 10 aromatic carbocycles. The Morgan fingerprint density at radius 2 is 0.763 bits per heavy atom. The van der Waals surface area contributed by atoms with Gasteiger partial charge in [0.15, 0.2) is 0 Å². The van der Waals surface area contributed by atoms with E-state index in [0.717, 1.165) is 0 Å². The average molecular weight is 761 g/mol. The highest BCUT2D eigenvalue weighted by Crippen LogP contribution is 2.48. The Morgan fingerprint density at radius 1 is 0.339 bits per heavy atom. The predicted molar refractivity (Wildman–Crippen MR) is 260 cm³/mol. The van der Waals surface area contributed by atoms with Crippen LogP contribution in [-0.4, -0.2) is 21.5 Å². The summed E-state index contributed by atoms with van der Waals surface area (Å²) in [5, 5.41) is 10.4. The monoisotopic (exact) mass is 760 g/mol. The topological polar surface area (TPSA) is 0 Å². The van der Waals surface area contributed by atoms with Gasteiger partial charge in [-0.3, -0.25) is 0 Å². The largest absolute Gasteiger partial charge is 0.244 e. The van der Waals surface area contributed by atoms with E-state index >= 15 is 0 Å². The second-order valence-corrected chi connectivity index (χ2v) is 23.8. The molecule has 0 unspecified atom stereocenters. The molecule has 59 heavy (non-hydrogen) atoms. The molecule has 0 radical (unpaired) electrons. The van der Waals surface area contributed by atoms with Crippen LogP contribution in [0.5, 0.6) is 0 Å². The van der Waals surface area contributed by atoms with E-state index in [9.17, 15) is 0 Å². The molecule has 4 aliphatic rings. The van der Waals surface area contributed by atoms with E-state index in [-0.39, 0.29) is 13.4 Å². The fourth-order valence-corrected chi connectivity index (χ4v) is 13.9. The zero-order chi connectivity index (χ0) is 39.1. The van der Waals surface area contributed by atoms with Crippen LogP contribution in [0.4, 0.5) is 0 Å². The highest BCUT2D eigenvalue weighted by Gasteiger charge is 2.45. The van der Waals surface area contributed by atoms with Gasteiger partial charge < -0.3 is 0 Å². The van der Waals surface area contributed by atoms with Gasteiger partial charge in [0.05, 0.1) is 8.07 Å². The van der Waals surface area contributed by atoms with Crippen molar-refractivity contribution in [2.75, 3.05) is 0 Å². The first-order chi connectivity index (χ1) is 28.8. The van der Waals surface area contributed by atoms with Gasteiger partial charge in [-0.05, 0) is 136 Å². The second-order valence-electron chi connectivity index (χ2n) is 18.7. The van der Waals surface area contributed by atoms with Gasteiger partial charge in [-0.15, -0.1) is 0 Å². The molecule has 0 aliphatic carbocycles.